The lowest BCUT2D eigenvalue weighted by atomic mass is 10.4. The zero-order chi connectivity index (χ0) is 20.1. The third kappa shape index (κ3) is 4.68. The van der Waals surface area contributed by atoms with Crippen molar-refractivity contribution in [3.8, 4) is 0 Å². The van der Waals surface area contributed by atoms with E-state index in [9.17, 15) is 9.59 Å². The largest absolute Gasteiger partial charge is 0.349 e. The normalized spacial score (nSPS) is 10.7. The summed E-state index contributed by atoms with van der Waals surface area (Å²) in [5, 5.41) is 13.4. The molecule has 0 saturated carbocycles. The Morgan fingerprint density at radius 2 is 1.93 bits per heavy atom. The first kappa shape index (κ1) is 19.9. The fourth-order valence-corrected chi connectivity index (χ4v) is 2.69. The second kappa shape index (κ2) is 8.86. The van der Waals surface area contributed by atoms with E-state index in [0.717, 1.165) is 15.0 Å². The van der Waals surface area contributed by atoms with Crippen molar-refractivity contribution in [2.75, 3.05) is 13.1 Å². The van der Waals surface area contributed by atoms with Gasteiger partial charge in [0.05, 0.1) is 15.5 Å². The molecule has 0 saturated heterocycles. The van der Waals surface area contributed by atoms with Crippen LogP contribution in [0.15, 0.2) is 23.1 Å². The number of nitrogens with zero attached hydrogens (tertiary/aromatic N) is 6. The topological polar surface area (TPSA) is 141 Å². The van der Waals surface area contributed by atoms with Gasteiger partial charge in [0.25, 0.3) is 5.91 Å². The molecule has 0 atom stereocenters. The molecule has 0 aliphatic rings. The fourth-order valence-electron chi connectivity index (χ4n) is 2.31. The van der Waals surface area contributed by atoms with Crippen molar-refractivity contribution in [1.29, 1.82) is 0 Å². The monoisotopic (exact) mass is 496 g/mol. The van der Waals surface area contributed by atoms with Gasteiger partial charge in [-0.2, -0.15) is 10.1 Å². The Balaban J connectivity index is 1.47. The number of carbonyl (C=O) groups excluding carboxylic acids is 2. The molecular weight excluding hydrogens is 479 g/mol. The molecule has 3 heterocycles. The van der Waals surface area contributed by atoms with Crippen molar-refractivity contribution in [1.82, 2.24) is 40.5 Å². The molecule has 12 heteroatoms. The van der Waals surface area contributed by atoms with E-state index < -0.39 is 5.91 Å². The molecule has 0 aromatic carbocycles. The average molecular weight is 496 g/mol. The molecule has 11 nitrogen and oxygen atoms in total. The molecule has 0 fully saturated rings. The van der Waals surface area contributed by atoms with Crippen LogP contribution in [0.4, 0.5) is 0 Å². The number of carbonyl (C=O) groups is 2. The Kier molecular flexibility index (Phi) is 6.28. The number of aromatic nitrogens is 6. The van der Waals surface area contributed by atoms with E-state index in [1.165, 1.54) is 18.6 Å². The maximum atomic E-state index is 12.1. The van der Waals surface area contributed by atoms with Gasteiger partial charge in [0.1, 0.15) is 12.2 Å². The minimum Gasteiger partial charge on any atom is -0.349 e. The highest BCUT2D eigenvalue weighted by Gasteiger charge is 2.17. The first-order valence-corrected chi connectivity index (χ1v) is 9.38. The van der Waals surface area contributed by atoms with E-state index in [-0.39, 0.29) is 30.6 Å². The van der Waals surface area contributed by atoms with Crippen LogP contribution < -0.4 is 10.6 Å². The molecule has 0 radical (unpaired) electrons. The molecule has 2 amide bonds. The van der Waals surface area contributed by atoms with E-state index in [1.54, 1.807) is 4.68 Å². The molecule has 0 unspecified atom stereocenters. The summed E-state index contributed by atoms with van der Waals surface area (Å²) in [4.78, 5) is 35.7. The number of rotatable bonds is 7. The fraction of sp³-hybridized carbons (Fsp3) is 0.312. The van der Waals surface area contributed by atoms with Gasteiger partial charge < -0.3 is 15.2 Å². The van der Waals surface area contributed by atoms with E-state index in [4.69, 9.17) is 4.52 Å². The van der Waals surface area contributed by atoms with Crippen molar-refractivity contribution < 1.29 is 14.1 Å². The second-order valence-electron chi connectivity index (χ2n) is 5.76. The summed E-state index contributed by atoms with van der Waals surface area (Å²) in [5.41, 5.74) is 2.12. The highest BCUT2D eigenvalue weighted by molar-refractivity contribution is 14.1. The van der Waals surface area contributed by atoms with Crippen LogP contribution in [0.3, 0.4) is 0 Å². The summed E-state index contributed by atoms with van der Waals surface area (Å²) in [6.45, 7) is 4.58. The molecular formula is C16H17IN8O3. The lowest BCUT2D eigenvalue weighted by Crippen LogP contribution is -2.35. The summed E-state index contributed by atoms with van der Waals surface area (Å²) >= 11 is 2.23. The van der Waals surface area contributed by atoms with Gasteiger partial charge in [0, 0.05) is 31.2 Å². The number of amides is 2. The predicted molar refractivity (Wildman–Crippen MR) is 105 cm³/mol. The van der Waals surface area contributed by atoms with Crippen LogP contribution in [-0.4, -0.2) is 54.8 Å². The summed E-state index contributed by atoms with van der Waals surface area (Å²) in [5.74, 6) is -0.688. The number of halogens is 1. The molecule has 146 valence electrons. The first-order chi connectivity index (χ1) is 13.5. The van der Waals surface area contributed by atoms with Crippen molar-refractivity contribution in [2.24, 2.45) is 0 Å². The van der Waals surface area contributed by atoms with Crippen LogP contribution in [-0.2, 0) is 6.54 Å². The molecule has 2 N–H and O–H groups in total. The Labute approximate surface area is 173 Å². The Bertz CT molecular complexity index is 985. The van der Waals surface area contributed by atoms with Gasteiger partial charge in [0.15, 0.2) is 5.82 Å². The van der Waals surface area contributed by atoms with Crippen LogP contribution in [0.1, 0.15) is 38.4 Å². The smallest absolute Gasteiger partial charge is 0.316 e. The maximum Gasteiger partial charge on any atom is 0.316 e. The zero-order valence-electron chi connectivity index (χ0n) is 15.1. The number of hydrogen-bond donors (Lipinski definition) is 2. The first-order valence-electron chi connectivity index (χ1n) is 8.30. The van der Waals surface area contributed by atoms with Crippen molar-refractivity contribution in [3.05, 3.63) is 51.0 Å². The number of nitrogens with one attached hydrogen (secondary N) is 2. The molecule has 0 aliphatic carbocycles. The Morgan fingerprint density at radius 1 is 1.18 bits per heavy atom. The molecule has 3 aromatic rings. The van der Waals surface area contributed by atoms with E-state index in [0.29, 0.717) is 12.4 Å². The molecule has 3 rings (SSSR count). The molecule has 28 heavy (non-hydrogen) atoms. The van der Waals surface area contributed by atoms with Crippen LogP contribution in [0.5, 0.6) is 0 Å². The number of aryl methyl sites for hydroxylation is 1. The summed E-state index contributed by atoms with van der Waals surface area (Å²) < 4.78 is 7.83. The van der Waals surface area contributed by atoms with E-state index in [1.807, 2.05) is 13.8 Å². The highest BCUT2D eigenvalue weighted by Crippen LogP contribution is 2.15. The molecule has 0 aliphatic heterocycles. The Hall–Kier alpha value is -2.90. The highest BCUT2D eigenvalue weighted by atomic mass is 127. The summed E-state index contributed by atoms with van der Waals surface area (Å²) in [7, 11) is 0. The summed E-state index contributed by atoms with van der Waals surface area (Å²) in [6, 6.07) is 0. The second-order valence-corrected chi connectivity index (χ2v) is 6.84. The van der Waals surface area contributed by atoms with Crippen LogP contribution in [0.25, 0.3) is 0 Å². The summed E-state index contributed by atoms with van der Waals surface area (Å²) in [6.07, 6.45) is 4.26. The van der Waals surface area contributed by atoms with E-state index >= 15 is 0 Å². The zero-order valence-corrected chi connectivity index (χ0v) is 17.3. The third-order valence-electron chi connectivity index (χ3n) is 3.74. The minimum atomic E-state index is -0.518. The average Bonchev–Trinajstić information content (AvgIpc) is 3.26. The Morgan fingerprint density at radius 3 is 2.57 bits per heavy atom. The lowest BCUT2D eigenvalue weighted by molar-refractivity contribution is 0.0897. The van der Waals surface area contributed by atoms with Gasteiger partial charge in [-0.25, -0.2) is 4.98 Å². The van der Waals surface area contributed by atoms with Crippen molar-refractivity contribution in [3.63, 3.8) is 0 Å². The van der Waals surface area contributed by atoms with Gasteiger partial charge in [-0.05, 0) is 36.4 Å². The van der Waals surface area contributed by atoms with Crippen molar-refractivity contribution in [2.45, 2.75) is 20.4 Å². The third-order valence-corrected chi connectivity index (χ3v) is 5.30. The SMILES string of the molecule is Cc1nn(Cc2noc(C(=O)NCCNC(=O)c3cnccn3)n2)c(C)c1I. The predicted octanol–water partition coefficient (Wildman–Crippen LogP) is 0.486. The van der Waals surface area contributed by atoms with Crippen LogP contribution in [0, 0.1) is 17.4 Å². The molecule has 0 bridgehead atoms. The van der Waals surface area contributed by atoms with Gasteiger partial charge >= 0.3 is 11.8 Å². The van der Waals surface area contributed by atoms with Gasteiger partial charge in [-0.3, -0.25) is 19.3 Å². The quantitative estimate of drug-likeness (QED) is 0.356. The van der Waals surface area contributed by atoms with E-state index in [2.05, 4.69) is 58.4 Å². The van der Waals surface area contributed by atoms with Crippen LogP contribution >= 0.6 is 22.6 Å². The maximum absolute atomic E-state index is 12.1. The lowest BCUT2D eigenvalue weighted by Gasteiger charge is -2.04. The standard InChI is InChI=1S/C16H17IN8O3/c1-9-13(17)10(2)25(23-9)8-12-22-16(28-24-12)15(27)21-6-5-20-14(26)11-7-18-3-4-19-11/h3-4,7H,5-6,8H2,1-2H3,(H,20,26)(H,21,27). The van der Waals surface area contributed by atoms with Crippen molar-refractivity contribution >= 4 is 34.4 Å². The number of hydrogen-bond acceptors (Lipinski definition) is 8. The molecule has 0 spiro atoms. The van der Waals surface area contributed by atoms with Gasteiger partial charge in [-0.1, -0.05) is 5.16 Å². The van der Waals surface area contributed by atoms with Gasteiger partial charge in [0.2, 0.25) is 0 Å². The minimum absolute atomic E-state index is 0.147. The van der Waals surface area contributed by atoms with Crippen LogP contribution in [0.2, 0.25) is 0 Å². The van der Waals surface area contributed by atoms with Gasteiger partial charge in [-0.15, -0.1) is 0 Å². The molecule has 3 aromatic heterocycles.